The summed E-state index contributed by atoms with van der Waals surface area (Å²) in [4.78, 5) is 35.1. The highest BCUT2D eigenvalue weighted by Gasteiger charge is 2.29. The van der Waals surface area contributed by atoms with Crippen LogP contribution in [0.25, 0.3) is 16.3 Å². The van der Waals surface area contributed by atoms with Crippen LogP contribution in [0.1, 0.15) is 22.3 Å². The summed E-state index contributed by atoms with van der Waals surface area (Å²) in [6.07, 6.45) is 4.51. The van der Waals surface area contributed by atoms with E-state index in [-0.39, 0.29) is 23.2 Å². The van der Waals surface area contributed by atoms with Crippen LogP contribution >= 0.6 is 0 Å². The summed E-state index contributed by atoms with van der Waals surface area (Å²) in [5, 5.41) is 14.3. The predicted molar refractivity (Wildman–Crippen MR) is 134 cm³/mol. The van der Waals surface area contributed by atoms with Crippen LogP contribution in [0.3, 0.4) is 0 Å². The number of nitrogen functional groups attached to an aromatic ring is 1. The SMILES string of the molecule is CN=CC(=CN)c1cnc(N)c(C(=O)N[C@@H]2CCN(C(=O)Oc3ccc4ccc(O)cc4c3)C2)c1. The van der Waals surface area contributed by atoms with Gasteiger partial charge in [-0.3, -0.25) is 9.79 Å². The van der Waals surface area contributed by atoms with Crippen LogP contribution in [0.2, 0.25) is 0 Å². The van der Waals surface area contributed by atoms with Gasteiger partial charge in [0.15, 0.2) is 0 Å². The maximum atomic E-state index is 12.9. The molecule has 6 N–H and O–H groups in total. The molecular formula is C25H26N6O4. The summed E-state index contributed by atoms with van der Waals surface area (Å²) >= 11 is 0. The van der Waals surface area contributed by atoms with Crippen molar-refractivity contribution in [1.29, 1.82) is 0 Å². The van der Waals surface area contributed by atoms with Gasteiger partial charge in [-0.05, 0) is 47.5 Å². The number of phenols is 1. The molecule has 1 atom stereocenters. The van der Waals surface area contributed by atoms with Gasteiger partial charge in [0.1, 0.15) is 17.3 Å². The number of phenolic OH excluding ortho intramolecular Hbond substituents is 1. The van der Waals surface area contributed by atoms with Crippen molar-refractivity contribution in [1.82, 2.24) is 15.2 Å². The Bertz CT molecular complexity index is 1340. The number of aromatic nitrogens is 1. The van der Waals surface area contributed by atoms with Gasteiger partial charge in [0.2, 0.25) is 0 Å². The Morgan fingerprint density at radius 1 is 1.23 bits per heavy atom. The van der Waals surface area contributed by atoms with Gasteiger partial charge in [-0.25, -0.2) is 9.78 Å². The van der Waals surface area contributed by atoms with Crippen LogP contribution in [0.4, 0.5) is 10.6 Å². The molecule has 2 amide bonds. The normalized spacial score (nSPS) is 16.1. The van der Waals surface area contributed by atoms with Gasteiger partial charge >= 0.3 is 6.09 Å². The number of fused-ring (bicyclic) bond motifs is 1. The number of likely N-dealkylation sites (tertiary alicyclic amines) is 1. The molecule has 4 rings (SSSR count). The second-order valence-electron chi connectivity index (χ2n) is 8.13. The molecule has 0 unspecified atom stereocenters. The number of ether oxygens (including phenoxy) is 1. The molecule has 0 saturated carbocycles. The number of nitrogens with two attached hydrogens (primary N) is 2. The molecule has 0 aliphatic carbocycles. The van der Waals surface area contributed by atoms with Gasteiger partial charge in [-0.15, -0.1) is 0 Å². The lowest BCUT2D eigenvalue weighted by Crippen LogP contribution is -2.39. The number of rotatable bonds is 5. The molecule has 3 aromatic rings. The summed E-state index contributed by atoms with van der Waals surface area (Å²) in [5.41, 5.74) is 13.0. The first-order valence-corrected chi connectivity index (χ1v) is 11.0. The molecule has 0 spiro atoms. The lowest BCUT2D eigenvalue weighted by molar-refractivity contribution is 0.0937. The Hall–Kier alpha value is -4.60. The van der Waals surface area contributed by atoms with Crippen molar-refractivity contribution in [2.75, 3.05) is 25.9 Å². The maximum Gasteiger partial charge on any atom is 0.415 e. The first-order valence-electron chi connectivity index (χ1n) is 11.0. The molecule has 1 fully saturated rings. The van der Waals surface area contributed by atoms with E-state index in [0.29, 0.717) is 36.4 Å². The summed E-state index contributed by atoms with van der Waals surface area (Å²) < 4.78 is 5.51. The zero-order chi connectivity index (χ0) is 24.9. The summed E-state index contributed by atoms with van der Waals surface area (Å²) in [7, 11) is 1.61. The number of nitrogens with one attached hydrogen (secondary N) is 1. The summed E-state index contributed by atoms with van der Waals surface area (Å²) in [5.74, 6) is 0.203. The average molecular weight is 475 g/mol. The van der Waals surface area contributed by atoms with E-state index >= 15 is 0 Å². The number of benzene rings is 2. The molecular weight excluding hydrogens is 448 g/mol. The Kier molecular flexibility index (Phi) is 6.81. The fourth-order valence-corrected chi connectivity index (χ4v) is 3.92. The number of hydrogen-bond acceptors (Lipinski definition) is 8. The Labute approximate surface area is 201 Å². The molecule has 0 radical (unpaired) electrons. The zero-order valence-corrected chi connectivity index (χ0v) is 19.1. The molecule has 1 aliphatic rings. The lowest BCUT2D eigenvalue weighted by Gasteiger charge is -2.17. The van der Waals surface area contributed by atoms with E-state index < -0.39 is 12.0 Å². The number of carbonyl (C=O) groups is 2. The van der Waals surface area contributed by atoms with Gasteiger partial charge in [-0.1, -0.05) is 12.1 Å². The molecule has 10 heteroatoms. The number of aromatic hydroxyl groups is 1. The average Bonchev–Trinajstić information content (AvgIpc) is 3.31. The Morgan fingerprint density at radius 3 is 2.80 bits per heavy atom. The van der Waals surface area contributed by atoms with Gasteiger partial charge in [-0.2, -0.15) is 0 Å². The van der Waals surface area contributed by atoms with Crippen LogP contribution in [0, 0.1) is 0 Å². The van der Waals surface area contributed by atoms with E-state index in [0.717, 1.165) is 10.8 Å². The third kappa shape index (κ3) is 5.32. The second-order valence-corrected chi connectivity index (χ2v) is 8.13. The van der Waals surface area contributed by atoms with Crippen LogP contribution in [0.5, 0.6) is 11.5 Å². The van der Waals surface area contributed by atoms with E-state index in [4.69, 9.17) is 16.2 Å². The van der Waals surface area contributed by atoms with Gasteiger partial charge in [0.05, 0.1) is 5.56 Å². The number of aliphatic imine (C=N–C) groups is 1. The topological polar surface area (TPSA) is 156 Å². The molecule has 2 heterocycles. The number of allylic oxidation sites excluding steroid dienone is 1. The van der Waals surface area contributed by atoms with Crippen molar-refractivity contribution in [2.24, 2.45) is 10.7 Å². The van der Waals surface area contributed by atoms with Gasteiger partial charge in [0.25, 0.3) is 5.91 Å². The van der Waals surface area contributed by atoms with Crippen molar-refractivity contribution in [3.05, 3.63) is 66.0 Å². The highest BCUT2D eigenvalue weighted by Crippen LogP contribution is 2.25. The van der Waals surface area contributed by atoms with Crippen LogP contribution in [-0.2, 0) is 0 Å². The van der Waals surface area contributed by atoms with Crippen molar-refractivity contribution in [2.45, 2.75) is 12.5 Å². The van der Waals surface area contributed by atoms with E-state index in [1.54, 1.807) is 49.7 Å². The number of carbonyl (C=O) groups excluding carboxylic acids is 2. The summed E-state index contributed by atoms with van der Waals surface area (Å²) in [6.45, 7) is 0.724. The fourth-order valence-electron chi connectivity index (χ4n) is 3.92. The molecule has 35 heavy (non-hydrogen) atoms. The monoisotopic (exact) mass is 474 g/mol. The standard InChI is InChI=1S/C25H26N6O4/c1-28-12-18(11-26)17-10-22(23(27)29-13-17)24(33)30-19-6-7-31(14-19)25(34)35-21-5-3-15-2-4-20(32)8-16(15)9-21/h2-5,8-13,19,32H,6-7,14,26H2,1H3,(H2,27,29)(H,30,33)/t19-/m1/s1. The van der Waals surface area contributed by atoms with Crippen molar-refractivity contribution in [3.63, 3.8) is 0 Å². The van der Waals surface area contributed by atoms with E-state index in [2.05, 4.69) is 15.3 Å². The Morgan fingerprint density at radius 2 is 2.03 bits per heavy atom. The fraction of sp³-hybridized carbons (Fsp3) is 0.200. The minimum Gasteiger partial charge on any atom is -0.508 e. The number of hydrogen-bond donors (Lipinski definition) is 4. The lowest BCUT2D eigenvalue weighted by atomic mass is 10.1. The first-order chi connectivity index (χ1) is 16.9. The molecule has 1 aromatic heterocycles. The van der Waals surface area contributed by atoms with Gasteiger partial charge in [0, 0.05) is 55.9 Å². The van der Waals surface area contributed by atoms with Crippen LogP contribution in [-0.4, -0.2) is 59.4 Å². The van der Waals surface area contributed by atoms with E-state index in [1.807, 2.05) is 6.07 Å². The number of nitrogens with zero attached hydrogens (tertiary/aromatic N) is 3. The maximum absolute atomic E-state index is 12.9. The quantitative estimate of drug-likeness (QED) is 0.414. The molecule has 1 saturated heterocycles. The highest BCUT2D eigenvalue weighted by molar-refractivity contribution is 6.10. The number of anilines is 1. The minimum absolute atomic E-state index is 0.0904. The largest absolute Gasteiger partial charge is 0.508 e. The predicted octanol–water partition coefficient (Wildman–Crippen LogP) is 2.53. The summed E-state index contributed by atoms with van der Waals surface area (Å²) in [6, 6.07) is 11.5. The first kappa shape index (κ1) is 23.6. The number of pyridine rings is 1. The molecule has 2 aromatic carbocycles. The van der Waals surface area contributed by atoms with E-state index in [9.17, 15) is 14.7 Å². The van der Waals surface area contributed by atoms with Crippen LogP contribution in [0.15, 0.2) is 59.9 Å². The smallest absolute Gasteiger partial charge is 0.415 e. The van der Waals surface area contributed by atoms with E-state index in [1.165, 1.54) is 17.3 Å². The molecule has 10 nitrogen and oxygen atoms in total. The van der Waals surface area contributed by atoms with Crippen molar-refractivity contribution >= 4 is 40.4 Å². The van der Waals surface area contributed by atoms with Crippen LogP contribution < -0.4 is 21.5 Å². The minimum atomic E-state index is -0.513. The van der Waals surface area contributed by atoms with Crippen molar-refractivity contribution < 1.29 is 19.4 Å². The molecule has 0 bridgehead atoms. The second kappa shape index (κ2) is 10.1. The zero-order valence-electron chi connectivity index (χ0n) is 19.1. The van der Waals surface area contributed by atoms with Gasteiger partial charge < -0.3 is 31.5 Å². The van der Waals surface area contributed by atoms with Crippen molar-refractivity contribution in [3.8, 4) is 11.5 Å². The third-order valence-corrected chi connectivity index (χ3v) is 5.73. The molecule has 1 aliphatic heterocycles. The number of amides is 2. The highest BCUT2D eigenvalue weighted by atomic mass is 16.6. The third-order valence-electron chi connectivity index (χ3n) is 5.73. The molecule has 180 valence electrons. The Balaban J connectivity index is 1.39.